The Morgan fingerprint density at radius 3 is 2.34 bits per heavy atom. The number of amides is 1. The number of halogens is 2. The van der Waals surface area contributed by atoms with Gasteiger partial charge in [0.2, 0.25) is 0 Å². The fourth-order valence-electron chi connectivity index (χ4n) is 3.37. The van der Waals surface area contributed by atoms with Crippen molar-refractivity contribution >= 4 is 34.8 Å². The molecule has 1 heterocycles. The smallest absolute Gasteiger partial charge is 0.275 e. The number of benzene rings is 2. The van der Waals surface area contributed by atoms with Gasteiger partial charge in [0, 0.05) is 20.1 Å². The van der Waals surface area contributed by atoms with Crippen LogP contribution in [0.15, 0.2) is 55.0 Å². The molecule has 0 aliphatic heterocycles. The topological polar surface area (TPSA) is 58.1 Å². The average Bonchev–Trinajstić information content (AvgIpc) is 2.78. The number of carbonyl (C=O) groups is 1. The fraction of sp³-hybridized carbons (Fsp3) is 0.320. The highest BCUT2D eigenvalue weighted by molar-refractivity contribution is 6.42. The molecule has 1 amide bonds. The first kappa shape index (κ1) is 24.0. The van der Waals surface area contributed by atoms with Crippen LogP contribution in [0.3, 0.4) is 0 Å². The van der Waals surface area contributed by atoms with Gasteiger partial charge in [-0.1, -0.05) is 74.3 Å². The van der Waals surface area contributed by atoms with E-state index in [1.165, 1.54) is 11.9 Å². The van der Waals surface area contributed by atoms with E-state index in [0.717, 1.165) is 11.1 Å². The lowest BCUT2D eigenvalue weighted by Gasteiger charge is -2.24. The van der Waals surface area contributed by atoms with Crippen LogP contribution in [0.2, 0.25) is 10.0 Å². The van der Waals surface area contributed by atoms with Crippen LogP contribution in [0.1, 0.15) is 48.0 Å². The first-order valence-electron chi connectivity index (χ1n) is 10.5. The predicted octanol–water partition coefficient (Wildman–Crippen LogP) is 6.01. The monoisotopic (exact) mass is 470 g/mol. The van der Waals surface area contributed by atoms with E-state index in [2.05, 4.69) is 60.3 Å². The van der Waals surface area contributed by atoms with Gasteiger partial charge in [0.05, 0.1) is 21.9 Å². The van der Waals surface area contributed by atoms with Gasteiger partial charge in [0.25, 0.3) is 5.91 Å². The summed E-state index contributed by atoms with van der Waals surface area (Å²) in [4.78, 5) is 23.5. The minimum atomic E-state index is -0.156. The molecular weight excluding hydrogens is 443 g/mol. The summed E-state index contributed by atoms with van der Waals surface area (Å²) in [6.07, 6.45) is 3.64. The molecule has 0 saturated carbocycles. The molecule has 168 valence electrons. The Morgan fingerprint density at radius 2 is 1.72 bits per heavy atom. The molecule has 0 bridgehead atoms. The third-order valence-corrected chi connectivity index (χ3v) is 6.06. The second kappa shape index (κ2) is 10.3. The van der Waals surface area contributed by atoms with Gasteiger partial charge in [-0.25, -0.2) is 9.97 Å². The van der Waals surface area contributed by atoms with E-state index in [0.29, 0.717) is 40.9 Å². The van der Waals surface area contributed by atoms with Crippen molar-refractivity contribution in [3.05, 3.63) is 87.4 Å². The molecule has 1 aromatic heterocycles. The first-order valence-corrected chi connectivity index (χ1v) is 11.2. The van der Waals surface area contributed by atoms with Crippen LogP contribution >= 0.6 is 23.2 Å². The Morgan fingerprint density at radius 1 is 1.03 bits per heavy atom. The molecule has 0 saturated heterocycles. The fourth-order valence-corrected chi connectivity index (χ4v) is 3.70. The van der Waals surface area contributed by atoms with Crippen LogP contribution in [-0.2, 0) is 18.4 Å². The van der Waals surface area contributed by atoms with Gasteiger partial charge in [-0.3, -0.25) is 4.79 Å². The maximum absolute atomic E-state index is 13.4. The van der Waals surface area contributed by atoms with Gasteiger partial charge in [-0.2, -0.15) is 0 Å². The van der Waals surface area contributed by atoms with Gasteiger partial charge in [0.15, 0.2) is 5.69 Å². The normalized spacial score (nSPS) is 11.3. The number of nitrogens with one attached hydrogen (secondary N) is 1. The Bertz CT molecular complexity index is 1080. The van der Waals surface area contributed by atoms with Crippen molar-refractivity contribution in [3.63, 3.8) is 0 Å². The highest BCUT2D eigenvalue weighted by Gasteiger charge is 2.21. The second-order valence-electron chi connectivity index (χ2n) is 8.71. The van der Waals surface area contributed by atoms with Gasteiger partial charge >= 0.3 is 0 Å². The Labute approximate surface area is 199 Å². The van der Waals surface area contributed by atoms with Gasteiger partial charge < -0.3 is 10.2 Å². The summed E-state index contributed by atoms with van der Waals surface area (Å²) in [5.74, 6) is -0.156. The summed E-state index contributed by atoms with van der Waals surface area (Å²) < 4.78 is 0. The molecule has 0 aliphatic carbocycles. The van der Waals surface area contributed by atoms with E-state index in [9.17, 15) is 4.79 Å². The van der Waals surface area contributed by atoms with Crippen molar-refractivity contribution in [2.45, 2.75) is 39.2 Å². The minimum absolute atomic E-state index is 0.0740. The molecule has 1 N–H and O–H groups in total. The number of rotatable bonds is 7. The second-order valence-corrected chi connectivity index (χ2v) is 9.52. The van der Waals surface area contributed by atoms with Gasteiger partial charge in [0.1, 0.15) is 6.33 Å². The van der Waals surface area contributed by atoms with Crippen LogP contribution in [-0.4, -0.2) is 34.4 Å². The number of hydrogen-bond acceptors (Lipinski definition) is 4. The third-order valence-electron chi connectivity index (χ3n) is 5.32. The highest BCUT2D eigenvalue weighted by atomic mass is 35.5. The molecule has 5 nitrogen and oxygen atoms in total. The van der Waals surface area contributed by atoms with Crippen molar-refractivity contribution in [1.82, 2.24) is 14.9 Å². The molecule has 32 heavy (non-hydrogen) atoms. The standard InChI is InChI=1S/C25H28Cl2N4O/c1-25(2,3)19-8-5-18(6-9-19)15-31(12-11-17-7-10-20(26)21(27)13-17)24(32)23-22(28-4)14-29-16-30-23/h5-10,13-14,16,28H,11-12,15H2,1-4H3. The summed E-state index contributed by atoms with van der Waals surface area (Å²) in [5, 5.41) is 4.03. The first-order chi connectivity index (χ1) is 15.2. The molecule has 0 spiro atoms. The Kier molecular flexibility index (Phi) is 7.75. The van der Waals surface area contributed by atoms with E-state index in [-0.39, 0.29) is 11.3 Å². The third kappa shape index (κ3) is 5.99. The van der Waals surface area contributed by atoms with Crippen LogP contribution in [0.5, 0.6) is 0 Å². The molecular formula is C25H28Cl2N4O. The maximum atomic E-state index is 13.4. The molecule has 0 radical (unpaired) electrons. The van der Waals surface area contributed by atoms with E-state index < -0.39 is 0 Å². The van der Waals surface area contributed by atoms with E-state index in [4.69, 9.17) is 23.2 Å². The number of nitrogens with zero attached hydrogens (tertiary/aromatic N) is 3. The Hall–Kier alpha value is -2.63. The average molecular weight is 471 g/mol. The zero-order valence-electron chi connectivity index (χ0n) is 18.8. The number of aromatic nitrogens is 2. The zero-order valence-corrected chi connectivity index (χ0v) is 20.3. The SMILES string of the molecule is CNc1cncnc1C(=O)N(CCc1ccc(Cl)c(Cl)c1)Cc1ccc(C(C)(C)C)cc1. The van der Waals surface area contributed by atoms with Crippen molar-refractivity contribution < 1.29 is 4.79 Å². The maximum Gasteiger partial charge on any atom is 0.275 e. The summed E-state index contributed by atoms with van der Waals surface area (Å²) in [6, 6.07) is 14.0. The van der Waals surface area contributed by atoms with Crippen LogP contribution in [0, 0.1) is 0 Å². The van der Waals surface area contributed by atoms with Gasteiger partial charge in [-0.15, -0.1) is 0 Å². The van der Waals surface area contributed by atoms with E-state index in [1.54, 1.807) is 24.2 Å². The lowest BCUT2D eigenvalue weighted by Crippen LogP contribution is -2.33. The molecule has 3 rings (SSSR count). The van der Waals surface area contributed by atoms with E-state index >= 15 is 0 Å². The highest BCUT2D eigenvalue weighted by Crippen LogP contribution is 2.25. The predicted molar refractivity (Wildman–Crippen MR) is 132 cm³/mol. The Balaban J connectivity index is 1.86. The molecule has 2 aromatic carbocycles. The largest absolute Gasteiger partial charge is 0.385 e. The number of carbonyl (C=O) groups excluding carboxylic acids is 1. The quantitative estimate of drug-likeness (QED) is 0.459. The molecule has 0 aliphatic rings. The van der Waals surface area contributed by atoms with Crippen LogP contribution in [0.4, 0.5) is 5.69 Å². The number of anilines is 1. The van der Waals surface area contributed by atoms with Gasteiger partial charge in [-0.05, 0) is 40.7 Å². The summed E-state index contributed by atoms with van der Waals surface area (Å²) in [5.41, 5.74) is 4.34. The molecule has 3 aromatic rings. The van der Waals surface area contributed by atoms with Crippen LogP contribution in [0.25, 0.3) is 0 Å². The van der Waals surface area contributed by atoms with Crippen molar-refractivity contribution in [1.29, 1.82) is 0 Å². The van der Waals surface area contributed by atoms with Crippen LogP contribution < -0.4 is 5.32 Å². The van der Waals surface area contributed by atoms with Crippen molar-refractivity contribution in [2.75, 3.05) is 18.9 Å². The summed E-state index contributed by atoms with van der Waals surface area (Å²) >= 11 is 12.2. The van der Waals surface area contributed by atoms with Crippen molar-refractivity contribution in [3.8, 4) is 0 Å². The molecule has 7 heteroatoms. The number of hydrogen-bond donors (Lipinski definition) is 1. The molecule has 0 unspecified atom stereocenters. The molecule has 0 fully saturated rings. The van der Waals surface area contributed by atoms with Crippen molar-refractivity contribution in [2.24, 2.45) is 0 Å². The summed E-state index contributed by atoms with van der Waals surface area (Å²) in [7, 11) is 1.75. The van der Waals surface area contributed by atoms with E-state index in [1.807, 2.05) is 12.1 Å². The molecule has 0 atom stereocenters. The minimum Gasteiger partial charge on any atom is -0.385 e. The lowest BCUT2D eigenvalue weighted by atomic mass is 9.87. The zero-order chi connectivity index (χ0) is 23.3. The lowest BCUT2D eigenvalue weighted by molar-refractivity contribution is 0.0740. The summed E-state index contributed by atoms with van der Waals surface area (Å²) in [6.45, 7) is 7.53.